The van der Waals surface area contributed by atoms with Crippen LogP contribution >= 0.6 is 11.6 Å². The second-order valence-electron chi connectivity index (χ2n) is 7.06. The van der Waals surface area contributed by atoms with E-state index < -0.39 is 0 Å². The molecule has 1 aliphatic heterocycles. The monoisotopic (exact) mass is 408 g/mol. The average molecular weight is 409 g/mol. The summed E-state index contributed by atoms with van der Waals surface area (Å²) in [6.45, 7) is 3.51. The van der Waals surface area contributed by atoms with Gasteiger partial charge in [0.25, 0.3) is 0 Å². The van der Waals surface area contributed by atoms with Crippen molar-refractivity contribution in [3.05, 3.63) is 70.3 Å². The third-order valence-electron chi connectivity index (χ3n) is 5.02. The Bertz CT molecular complexity index is 1100. The van der Waals surface area contributed by atoms with Gasteiger partial charge in [0.15, 0.2) is 5.82 Å². The van der Waals surface area contributed by atoms with Crippen molar-refractivity contribution in [3.8, 4) is 11.4 Å². The zero-order valence-corrected chi connectivity index (χ0v) is 17.3. The number of methoxy groups -OCH3 is 1. The smallest absolute Gasteiger partial charge is 0.162 e. The van der Waals surface area contributed by atoms with E-state index in [0.717, 1.165) is 39.9 Å². The molecule has 0 aliphatic carbocycles. The molecule has 1 unspecified atom stereocenters. The molecular formula is C22H21ClN4O2. The van der Waals surface area contributed by atoms with Crippen LogP contribution in [0.1, 0.15) is 48.6 Å². The molecule has 1 atom stereocenters. The summed E-state index contributed by atoms with van der Waals surface area (Å²) in [4.78, 5) is 16.7. The fraction of sp³-hybridized carbons (Fsp3) is 0.273. The topological polar surface area (TPSA) is 69.4 Å². The van der Waals surface area contributed by atoms with Crippen molar-refractivity contribution in [2.75, 3.05) is 7.11 Å². The first-order chi connectivity index (χ1) is 14.0. The van der Waals surface area contributed by atoms with Crippen molar-refractivity contribution in [3.63, 3.8) is 0 Å². The number of aryl methyl sites for hydroxylation is 1. The first-order valence-electron chi connectivity index (χ1n) is 9.42. The summed E-state index contributed by atoms with van der Waals surface area (Å²) >= 11 is 6.10. The van der Waals surface area contributed by atoms with Crippen LogP contribution in [0.5, 0.6) is 5.75 Å². The minimum Gasteiger partial charge on any atom is -0.497 e. The highest BCUT2D eigenvalue weighted by Crippen LogP contribution is 2.34. The summed E-state index contributed by atoms with van der Waals surface area (Å²) in [5, 5.41) is 9.34. The number of aliphatic imine (C=N–C) groups is 1. The van der Waals surface area contributed by atoms with Crippen molar-refractivity contribution >= 4 is 23.1 Å². The van der Waals surface area contributed by atoms with Crippen LogP contribution in [-0.2, 0) is 4.79 Å². The molecule has 0 saturated carbocycles. The second-order valence-corrected chi connectivity index (χ2v) is 7.50. The largest absolute Gasteiger partial charge is 0.497 e. The average Bonchev–Trinajstić information content (AvgIpc) is 3.03. The molecular weight excluding hydrogens is 388 g/mol. The summed E-state index contributed by atoms with van der Waals surface area (Å²) in [6, 6.07) is 13.2. The summed E-state index contributed by atoms with van der Waals surface area (Å²) in [6.07, 6.45) is 0.989. The number of hydrogen-bond acceptors (Lipinski definition) is 5. The molecule has 2 heterocycles. The van der Waals surface area contributed by atoms with E-state index in [9.17, 15) is 4.79 Å². The highest BCUT2D eigenvalue weighted by atomic mass is 35.5. The molecule has 29 heavy (non-hydrogen) atoms. The van der Waals surface area contributed by atoms with Crippen molar-refractivity contribution in [1.29, 1.82) is 0 Å². The SMILES string of the molecule is COc1ccc2c(c1)C(c1ccc(Cl)cc1)=NC(CCC(C)=O)c1nnc(C)n1-2. The van der Waals surface area contributed by atoms with Crippen LogP contribution < -0.4 is 4.74 Å². The lowest BCUT2D eigenvalue weighted by atomic mass is 10.00. The van der Waals surface area contributed by atoms with Gasteiger partial charge in [-0.1, -0.05) is 23.7 Å². The van der Waals surface area contributed by atoms with Crippen LogP contribution in [0.2, 0.25) is 5.02 Å². The van der Waals surface area contributed by atoms with Gasteiger partial charge < -0.3 is 9.53 Å². The van der Waals surface area contributed by atoms with Gasteiger partial charge in [-0.2, -0.15) is 0 Å². The van der Waals surface area contributed by atoms with E-state index >= 15 is 0 Å². The Morgan fingerprint density at radius 3 is 2.62 bits per heavy atom. The lowest BCUT2D eigenvalue weighted by Gasteiger charge is -2.14. The summed E-state index contributed by atoms with van der Waals surface area (Å²) < 4.78 is 7.49. The molecule has 148 valence electrons. The van der Waals surface area contributed by atoms with E-state index in [0.29, 0.717) is 17.9 Å². The number of Topliss-reactive ketones (excluding diaryl/α,β-unsaturated/α-hetero) is 1. The van der Waals surface area contributed by atoms with Crippen molar-refractivity contribution in [2.24, 2.45) is 4.99 Å². The molecule has 1 aliphatic rings. The molecule has 0 fully saturated rings. The fourth-order valence-corrected chi connectivity index (χ4v) is 3.70. The van der Waals surface area contributed by atoms with Crippen LogP contribution in [0.15, 0.2) is 47.5 Å². The molecule has 0 saturated heterocycles. The minimum atomic E-state index is -0.288. The Morgan fingerprint density at radius 1 is 1.17 bits per heavy atom. The third kappa shape index (κ3) is 3.68. The van der Waals surface area contributed by atoms with E-state index in [4.69, 9.17) is 21.3 Å². The zero-order chi connectivity index (χ0) is 20.5. The standard InChI is InChI=1S/C22H21ClN4O2/c1-13(28)4-10-19-22-26-25-14(2)27(22)20-11-9-17(29-3)12-18(20)21(24-19)15-5-7-16(23)8-6-15/h5-9,11-12,19H,4,10H2,1-3H3. The van der Waals surface area contributed by atoms with E-state index in [2.05, 4.69) is 10.2 Å². The first kappa shape index (κ1) is 19.3. The molecule has 1 aromatic heterocycles. The first-order valence-corrected chi connectivity index (χ1v) is 9.79. The number of ether oxygens (including phenoxy) is 1. The van der Waals surface area contributed by atoms with E-state index in [-0.39, 0.29) is 11.8 Å². The van der Waals surface area contributed by atoms with Crippen LogP contribution in [0.3, 0.4) is 0 Å². The Kier molecular flexibility index (Phi) is 5.20. The molecule has 0 amide bonds. The molecule has 2 aromatic carbocycles. The van der Waals surface area contributed by atoms with Gasteiger partial charge in [-0.3, -0.25) is 9.56 Å². The summed E-state index contributed by atoms with van der Waals surface area (Å²) in [7, 11) is 1.64. The molecule has 6 nitrogen and oxygen atoms in total. The number of halogens is 1. The van der Waals surface area contributed by atoms with Gasteiger partial charge in [-0.05, 0) is 50.6 Å². The normalized spacial score (nSPS) is 15.2. The van der Waals surface area contributed by atoms with Crippen molar-refractivity contribution in [2.45, 2.75) is 32.7 Å². The van der Waals surface area contributed by atoms with Crippen molar-refractivity contribution in [1.82, 2.24) is 14.8 Å². The van der Waals surface area contributed by atoms with Crippen LogP contribution in [0.4, 0.5) is 0 Å². The number of carbonyl (C=O) groups excluding carboxylic acids is 1. The van der Waals surface area contributed by atoms with Gasteiger partial charge in [-0.25, -0.2) is 0 Å². The van der Waals surface area contributed by atoms with Crippen LogP contribution in [0.25, 0.3) is 5.69 Å². The second kappa shape index (κ2) is 7.79. The highest BCUT2D eigenvalue weighted by Gasteiger charge is 2.28. The van der Waals surface area contributed by atoms with Gasteiger partial charge in [0, 0.05) is 22.6 Å². The maximum Gasteiger partial charge on any atom is 0.162 e. The Balaban J connectivity index is 1.97. The lowest BCUT2D eigenvalue weighted by molar-refractivity contribution is -0.117. The van der Waals surface area contributed by atoms with Crippen LogP contribution in [0, 0.1) is 6.92 Å². The number of carbonyl (C=O) groups is 1. The third-order valence-corrected chi connectivity index (χ3v) is 5.27. The number of hydrogen-bond donors (Lipinski definition) is 0. The molecule has 0 radical (unpaired) electrons. The molecule has 4 rings (SSSR count). The maximum atomic E-state index is 11.7. The number of ketones is 1. The molecule has 7 heteroatoms. The maximum absolute atomic E-state index is 11.7. The minimum absolute atomic E-state index is 0.125. The molecule has 0 bridgehead atoms. The van der Waals surface area contributed by atoms with E-state index in [1.54, 1.807) is 14.0 Å². The highest BCUT2D eigenvalue weighted by molar-refractivity contribution is 6.30. The predicted octanol–water partition coefficient (Wildman–Crippen LogP) is 4.50. The van der Waals surface area contributed by atoms with Gasteiger partial charge in [0.1, 0.15) is 23.4 Å². The van der Waals surface area contributed by atoms with E-state index in [1.165, 1.54) is 0 Å². The Labute approximate surface area is 174 Å². The Morgan fingerprint density at radius 2 is 1.93 bits per heavy atom. The van der Waals surface area contributed by atoms with Crippen molar-refractivity contribution < 1.29 is 9.53 Å². The predicted molar refractivity (Wildman–Crippen MR) is 112 cm³/mol. The van der Waals surface area contributed by atoms with Crippen LogP contribution in [-0.4, -0.2) is 33.4 Å². The lowest BCUT2D eigenvalue weighted by Crippen LogP contribution is -2.08. The molecule has 0 spiro atoms. The number of fused-ring (bicyclic) bond motifs is 3. The Hall–Kier alpha value is -2.99. The zero-order valence-electron chi connectivity index (χ0n) is 16.5. The molecule has 0 N–H and O–H groups in total. The van der Waals surface area contributed by atoms with Gasteiger partial charge in [0.2, 0.25) is 0 Å². The van der Waals surface area contributed by atoms with Gasteiger partial charge in [-0.15, -0.1) is 10.2 Å². The fourth-order valence-electron chi connectivity index (χ4n) is 3.57. The van der Waals surface area contributed by atoms with E-state index in [1.807, 2.05) is 54.0 Å². The molecule has 3 aromatic rings. The summed E-state index contributed by atoms with van der Waals surface area (Å²) in [5.74, 6) is 2.37. The summed E-state index contributed by atoms with van der Waals surface area (Å²) in [5.41, 5.74) is 3.60. The number of nitrogens with zero attached hydrogens (tertiary/aromatic N) is 4. The van der Waals surface area contributed by atoms with Gasteiger partial charge >= 0.3 is 0 Å². The van der Waals surface area contributed by atoms with Gasteiger partial charge in [0.05, 0.1) is 18.5 Å². The number of benzene rings is 2. The number of aromatic nitrogens is 3. The quantitative estimate of drug-likeness (QED) is 0.623. The number of rotatable bonds is 5.